The molecule has 0 saturated heterocycles. The molecule has 5 nitrogen and oxygen atoms in total. The van der Waals surface area contributed by atoms with Crippen LogP contribution in [-0.4, -0.2) is 12.3 Å². The van der Waals surface area contributed by atoms with Crippen molar-refractivity contribution < 1.29 is 0 Å². The molecule has 0 saturated carbocycles. The molecule has 1 aliphatic rings. The molecule has 0 radical (unpaired) electrons. The highest BCUT2D eigenvalue weighted by Gasteiger charge is 1.87. The van der Waals surface area contributed by atoms with Gasteiger partial charge >= 0.3 is 0 Å². The van der Waals surface area contributed by atoms with Crippen molar-refractivity contribution in [3.63, 3.8) is 0 Å². The van der Waals surface area contributed by atoms with Gasteiger partial charge in [0.05, 0.1) is 0 Å². The number of nitrogens with one attached hydrogen (secondary N) is 2. The molecule has 38 valence electrons. The Hall–Kier alpha value is -1.26. The predicted molar refractivity (Wildman–Crippen MR) is 26.4 cm³/mol. The molecule has 0 aliphatic carbocycles. The van der Waals surface area contributed by atoms with E-state index in [-0.39, 0.29) is 5.96 Å². The highest BCUT2D eigenvalue weighted by Crippen LogP contribution is 1.63. The second-order valence-electron chi connectivity index (χ2n) is 0.996. The van der Waals surface area contributed by atoms with Crippen molar-refractivity contribution in [2.45, 2.75) is 0 Å². The third kappa shape index (κ3) is 0.783. The number of guanidine groups is 1. The topological polar surface area (TPSA) is 74.8 Å². The molecule has 1 heterocycles. The third-order valence-corrected chi connectivity index (χ3v) is 0.486. The molecule has 0 aromatic carbocycles. The van der Waals surface area contributed by atoms with E-state index in [0.717, 1.165) is 0 Å². The summed E-state index contributed by atoms with van der Waals surface area (Å²) >= 11 is 0. The van der Waals surface area contributed by atoms with E-state index in [2.05, 4.69) is 21.1 Å². The highest BCUT2D eigenvalue weighted by molar-refractivity contribution is 5.80. The number of rotatable bonds is 0. The molecule has 0 unspecified atom stereocenters. The second kappa shape index (κ2) is 1.46. The fourth-order valence-corrected chi connectivity index (χ4v) is 0.251. The third-order valence-electron chi connectivity index (χ3n) is 0.486. The molecule has 4 N–H and O–H groups in total. The molecule has 0 fully saturated rings. The van der Waals surface area contributed by atoms with Gasteiger partial charge in [0.25, 0.3) is 0 Å². The van der Waals surface area contributed by atoms with Crippen molar-refractivity contribution in [3.05, 3.63) is 0 Å². The lowest BCUT2D eigenvalue weighted by Crippen LogP contribution is -2.33. The SMILES string of the molecule is NC1=NNC=NN1. The fraction of sp³-hybridized carbons (Fsp3) is 0. The van der Waals surface area contributed by atoms with E-state index in [1.165, 1.54) is 6.34 Å². The fourth-order valence-electron chi connectivity index (χ4n) is 0.251. The summed E-state index contributed by atoms with van der Waals surface area (Å²) < 4.78 is 0. The first-order chi connectivity index (χ1) is 3.39. The molecule has 1 rings (SSSR count). The lowest BCUT2D eigenvalue weighted by molar-refractivity contribution is 0.892. The Labute approximate surface area is 40.3 Å². The van der Waals surface area contributed by atoms with Crippen LogP contribution in [0.4, 0.5) is 0 Å². The summed E-state index contributed by atoms with van der Waals surface area (Å²) in [5, 5.41) is 7.03. The summed E-state index contributed by atoms with van der Waals surface area (Å²) in [4.78, 5) is 0. The summed E-state index contributed by atoms with van der Waals surface area (Å²) in [5.74, 6) is 0.280. The van der Waals surface area contributed by atoms with Gasteiger partial charge in [0, 0.05) is 0 Å². The van der Waals surface area contributed by atoms with E-state index < -0.39 is 0 Å². The van der Waals surface area contributed by atoms with Gasteiger partial charge in [-0.2, -0.15) is 5.10 Å². The first-order valence-corrected chi connectivity index (χ1v) is 1.76. The number of hydrogen-bond acceptors (Lipinski definition) is 5. The summed E-state index contributed by atoms with van der Waals surface area (Å²) in [6.07, 6.45) is 1.40. The quantitative estimate of drug-likeness (QED) is 0.340. The Kier molecular flexibility index (Phi) is 0.816. The zero-order chi connectivity index (χ0) is 5.11. The van der Waals surface area contributed by atoms with Crippen LogP contribution in [0.2, 0.25) is 0 Å². The number of hydrogen-bond donors (Lipinski definition) is 3. The van der Waals surface area contributed by atoms with Crippen LogP contribution in [0.25, 0.3) is 0 Å². The first-order valence-electron chi connectivity index (χ1n) is 1.76. The molecule has 1 aliphatic heterocycles. The Morgan fingerprint density at radius 1 is 1.71 bits per heavy atom. The molecule has 0 aromatic heterocycles. The maximum absolute atomic E-state index is 5.10. The minimum absolute atomic E-state index is 0.280. The Balaban J connectivity index is 2.50. The van der Waals surface area contributed by atoms with E-state index in [0.29, 0.717) is 0 Å². The van der Waals surface area contributed by atoms with Crippen molar-refractivity contribution in [2.24, 2.45) is 15.9 Å². The number of nitrogens with two attached hydrogens (primary N) is 1. The van der Waals surface area contributed by atoms with Crippen LogP contribution < -0.4 is 16.6 Å². The van der Waals surface area contributed by atoms with Gasteiger partial charge in [-0.25, -0.2) is 5.43 Å². The molecule has 0 spiro atoms. The average Bonchev–Trinajstić information content (AvgIpc) is 1.69. The molecule has 7 heavy (non-hydrogen) atoms. The molecule has 0 bridgehead atoms. The van der Waals surface area contributed by atoms with Gasteiger partial charge in [-0.05, 0) is 0 Å². The smallest absolute Gasteiger partial charge is 0.232 e. The van der Waals surface area contributed by atoms with E-state index >= 15 is 0 Å². The first kappa shape index (κ1) is 3.91. The van der Waals surface area contributed by atoms with Crippen molar-refractivity contribution >= 4 is 12.3 Å². The lowest BCUT2D eigenvalue weighted by atomic mass is 11.0. The molecule has 0 atom stereocenters. The van der Waals surface area contributed by atoms with Crippen LogP contribution in [0.15, 0.2) is 10.2 Å². The zero-order valence-electron chi connectivity index (χ0n) is 3.55. The summed E-state index contributed by atoms with van der Waals surface area (Å²) in [6, 6.07) is 0. The predicted octanol–water partition coefficient (Wildman–Crippen LogP) is -1.65. The lowest BCUT2D eigenvalue weighted by Gasteiger charge is -2.01. The van der Waals surface area contributed by atoms with Gasteiger partial charge in [-0.3, -0.25) is 5.43 Å². The van der Waals surface area contributed by atoms with Crippen LogP contribution >= 0.6 is 0 Å². The summed E-state index contributed by atoms with van der Waals surface area (Å²) in [6.45, 7) is 0. The van der Waals surface area contributed by atoms with E-state index in [9.17, 15) is 0 Å². The monoisotopic (exact) mass is 99.1 g/mol. The van der Waals surface area contributed by atoms with Gasteiger partial charge in [-0.15, -0.1) is 5.10 Å². The standard InChI is InChI=1S/C2H5N5/c3-2-6-4-1-5-7-2/h1H,(H,4,5)(H3,3,6,7). The molecule has 0 aromatic rings. The molecule has 0 amide bonds. The number of hydrazone groups is 2. The van der Waals surface area contributed by atoms with Crippen molar-refractivity contribution in [1.29, 1.82) is 0 Å². The average molecular weight is 99.1 g/mol. The Morgan fingerprint density at radius 3 is 2.86 bits per heavy atom. The van der Waals surface area contributed by atoms with Crippen molar-refractivity contribution in [1.82, 2.24) is 10.9 Å². The molecular weight excluding hydrogens is 94.1 g/mol. The number of nitrogens with zero attached hydrogens (tertiary/aromatic N) is 2. The van der Waals surface area contributed by atoms with Crippen LogP contribution in [-0.2, 0) is 0 Å². The summed E-state index contributed by atoms with van der Waals surface area (Å²) in [7, 11) is 0. The minimum atomic E-state index is 0.280. The van der Waals surface area contributed by atoms with E-state index in [1.54, 1.807) is 0 Å². The maximum Gasteiger partial charge on any atom is 0.232 e. The normalized spacial score (nSPS) is 16.9. The van der Waals surface area contributed by atoms with Crippen LogP contribution in [0.3, 0.4) is 0 Å². The van der Waals surface area contributed by atoms with Gasteiger partial charge < -0.3 is 5.73 Å². The van der Waals surface area contributed by atoms with Gasteiger partial charge in [-0.1, -0.05) is 0 Å². The molecule has 5 heteroatoms. The largest absolute Gasteiger partial charge is 0.367 e. The van der Waals surface area contributed by atoms with Gasteiger partial charge in [0.1, 0.15) is 6.34 Å². The van der Waals surface area contributed by atoms with Gasteiger partial charge in [0.2, 0.25) is 5.96 Å². The Morgan fingerprint density at radius 2 is 2.57 bits per heavy atom. The van der Waals surface area contributed by atoms with Gasteiger partial charge in [0.15, 0.2) is 0 Å². The van der Waals surface area contributed by atoms with Crippen molar-refractivity contribution in [3.8, 4) is 0 Å². The Bertz CT molecular complexity index is 113. The second-order valence-corrected chi connectivity index (χ2v) is 0.996. The van der Waals surface area contributed by atoms with E-state index in [4.69, 9.17) is 5.73 Å². The minimum Gasteiger partial charge on any atom is -0.367 e. The molecular formula is C2H5N5. The van der Waals surface area contributed by atoms with E-state index in [1.807, 2.05) is 0 Å². The van der Waals surface area contributed by atoms with Crippen LogP contribution in [0.1, 0.15) is 0 Å². The van der Waals surface area contributed by atoms with Crippen molar-refractivity contribution in [2.75, 3.05) is 0 Å². The van der Waals surface area contributed by atoms with Crippen LogP contribution in [0, 0.1) is 0 Å². The zero-order valence-corrected chi connectivity index (χ0v) is 3.55. The summed E-state index contributed by atoms with van der Waals surface area (Å²) in [5.41, 5.74) is 9.96. The maximum atomic E-state index is 5.10. The van der Waals surface area contributed by atoms with Crippen LogP contribution in [0.5, 0.6) is 0 Å². The highest BCUT2D eigenvalue weighted by atomic mass is 15.5.